The van der Waals surface area contributed by atoms with Crippen LogP contribution in [-0.4, -0.2) is 26.4 Å². The fourth-order valence-corrected chi connectivity index (χ4v) is 3.68. The maximum absolute atomic E-state index is 13.6. The van der Waals surface area contributed by atoms with Gasteiger partial charge < -0.3 is 9.88 Å². The number of carbonyl (C=O) groups excluding carboxylic acids is 1. The van der Waals surface area contributed by atoms with E-state index in [1.54, 1.807) is 13.0 Å². The number of hydrogen-bond acceptors (Lipinski definition) is 4. The highest BCUT2D eigenvalue weighted by Crippen LogP contribution is 2.27. The minimum Gasteiger partial charge on any atom is -0.351 e. The number of nitrogens with one attached hydrogen (secondary N) is 1. The van der Waals surface area contributed by atoms with Crippen LogP contribution in [0.2, 0.25) is 0 Å². The number of benzene rings is 2. The number of hydrogen-bond donors (Lipinski definition) is 1. The molecule has 0 atom stereocenters. The molecule has 0 radical (unpaired) electrons. The molecule has 30 heavy (non-hydrogen) atoms. The van der Waals surface area contributed by atoms with E-state index < -0.39 is 0 Å². The first-order chi connectivity index (χ1) is 14.1. The quantitative estimate of drug-likeness (QED) is 0.584. The Labute approximate surface area is 181 Å². The van der Waals surface area contributed by atoms with Gasteiger partial charge in [-0.25, -0.2) is 4.39 Å². The van der Waals surface area contributed by atoms with Gasteiger partial charge in [-0.1, -0.05) is 68.9 Å². The van der Waals surface area contributed by atoms with Gasteiger partial charge in [0.25, 0.3) is 0 Å². The zero-order chi connectivity index (χ0) is 21.9. The molecule has 3 aromatic rings. The van der Waals surface area contributed by atoms with Gasteiger partial charge in [0, 0.05) is 19.2 Å². The van der Waals surface area contributed by atoms with Crippen LogP contribution in [0.3, 0.4) is 0 Å². The molecule has 0 unspecified atom stereocenters. The molecule has 0 aliphatic heterocycles. The monoisotopic (exact) mass is 426 g/mol. The van der Waals surface area contributed by atoms with Crippen molar-refractivity contribution in [2.75, 3.05) is 5.75 Å². The van der Waals surface area contributed by atoms with Crippen molar-refractivity contribution >= 4 is 17.7 Å². The number of halogens is 1. The maximum Gasteiger partial charge on any atom is 0.230 e. The van der Waals surface area contributed by atoms with Crippen molar-refractivity contribution in [1.29, 1.82) is 0 Å². The molecule has 0 fully saturated rings. The lowest BCUT2D eigenvalue weighted by Crippen LogP contribution is -2.24. The molecule has 0 aliphatic carbocycles. The van der Waals surface area contributed by atoms with E-state index in [9.17, 15) is 9.18 Å². The van der Waals surface area contributed by atoms with E-state index in [2.05, 4.69) is 48.4 Å². The minimum absolute atomic E-state index is 0.0944. The maximum atomic E-state index is 13.6. The van der Waals surface area contributed by atoms with Gasteiger partial charge >= 0.3 is 0 Å². The minimum atomic E-state index is -0.265. The van der Waals surface area contributed by atoms with E-state index in [1.807, 2.05) is 29.8 Å². The van der Waals surface area contributed by atoms with Crippen molar-refractivity contribution in [3.8, 4) is 11.4 Å². The lowest BCUT2D eigenvalue weighted by molar-refractivity contribution is -0.118. The van der Waals surface area contributed by atoms with Crippen molar-refractivity contribution < 1.29 is 9.18 Å². The Morgan fingerprint density at radius 3 is 2.47 bits per heavy atom. The number of aryl methyl sites for hydroxylation is 1. The Bertz CT molecular complexity index is 1040. The zero-order valence-corrected chi connectivity index (χ0v) is 18.8. The Hall–Kier alpha value is -2.67. The fraction of sp³-hybridized carbons (Fsp3) is 0.348. The second-order valence-electron chi connectivity index (χ2n) is 8.34. The van der Waals surface area contributed by atoms with E-state index in [0.29, 0.717) is 17.3 Å². The van der Waals surface area contributed by atoms with E-state index in [4.69, 9.17) is 0 Å². The molecule has 1 aromatic heterocycles. The van der Waals surface area contributed by atoms with E-state index >= 15 is 0 Å². The molecule has 0 saturated carbocycles. The van der Waals surface area contributed by atoms with Crippen LogP contribution in [0.15, 0.2) is 47.6 Å². The van der Waals surface area contributed by atoms with Gasteiger partial charge in [-0.2, -0.15) is 0 Å². The van der Waals surface area contributed by atoms with E-state index in [0.717, 1.165) is 17.0 Å². The van der Waals surface area contributed by atoms with Crippen molar-refractivity contribution in [2.24, 2.45) is 7.05 Å². The van der Waals surface area contributed by atoms with Crippen LogP contribution in [0.4, 0.5) is 4.39 Å². The number of carbonyl (C=O) groups is 1. The number of aromatic nitrogens is 3. The second kappa shape index (κ2) is 9.00. The summed E-state index contributed by atoms with van der Waals surface area (Å²) in [6.07, 6.45) is 0. The van der Waals surface area contributed by atoms with Gasteiger partial charge in [0.15, 0.2) is 11.0 Å². The summed E-state index contributed by atoms with van der Waals surface area (Å²) in [5.74, 6) is 0.565. The second-order valence-corrected chi connectivity index (χ2v) is 9.28. The lowest BCUT2D eigenvalue weighted by Gasteiger charge is -2.19. The molecule has 3 rings (SSSR count). The largest absolute Gasteiger partial charge is 0.351 e. The van der Waals surface area contributed by atoms with Gasteiger partial charge in [-0.05, 0) is 35.1 Å². The summed E-state index contributed by atoms with van der Waals surface area (Å²) in [6, 6.07) is 13.3. The molecule has 158 valence electrons. The summed E-state index contributed by atoms with van der Waals surface area (Å²) in [7, 11) is 1.89. The SMILES string of the molecule is Cc1ccc(CNC(=O)CSc2nnc(-c3ccc(C(C)(C)C)cc3)n2C)cc1F. The van der Waals surface area contributed by atoms with Crippen LogP contribution in [0, 0.1) is 12.7 Å². The zero-order valence-electron chi connectivity index (χ0n) is 18.0. The third-order valence-electron chi connectivity index (χ3n) is 4.90. The van der Waals surface area contributed by atoms with Crippen LogP contribution in [-0.2, 0) is 23.8 Å². The number of amides is 1. The Kier molecular flexibility index (Phi) is 6.61. The van der Waals surface area contributed by atoms with Crippen LogP contribution < -0.4 is 5.32 Å². The van der Waals surface area contributed by atoms with Crippen molar-refractivity contribution in [3.63, 3.8) is 0 Å². The predicted octanol–water partition coefficient (Wildman–Crippen LogP) is 4.64. The molecule has 0 bridgehead atoms. The molecule has 0 spiro atoms. The molecule has 1 heterocycles. The topological polar surface area (TPSA) is 59.8 Å². The first kappa shape index (κ1) is 22.0. The van der Waals surface area contributed by atoms with Gasteiger partial charge in [-0.15, -0.1) is 10.2 Å². The average molecular weight is 427 g/mol. The van der Waals surface area contributed by atoms with Gasteiger partial charge in [0.2, 0.25) is 5.91 Å². The third-order valence-corrected chi connectivity index (χ3v) is 5.92. The smallest absolute Gasteiger partial charge is 0.230 e. The van der Waals surface area contributed by atoms with Crippen LogP contribution in [0.5, 0.6) is 0 Å². The summed E-state index contributed by atoms with van der Waals surface area (Å²) in [4.78, 5) is 12.2. The number of nitrogens with zero attached hydrogens (tertiary/aromatic N) is 3. The van der Waals surface area contributed by atoms with Gasteiger partial charge in [0.1, 0.15) is 5.82 Å². The van der Waals surface area contributed by atoms with Gasteiger partial charge in [-0.3, -0.25) is 4.79 Å². The molecular weight excluding hydrogens is 399 g/mol. The third kappa shape index (κ3) is 5.27. The lowest BCUT2D eigenvalue weighted by atomic mass is 9.87. The average Bonchev–Trinajstić information content (AvgIpc) is 3.07. The summed E-state index contributed by atoms with van der Waals surface area (Å²) in [5, 5.41) is 12.0. The van der Waals surface area contributed by atoms with Crippen molar-refractivity contribution in [3.05, 3.63) is 65.0 Å². The van der Waals surface area contributed by atoms with Crippen molar-refractivity contribution in [1.82, 2.24) is 20.1 Å². The Morgan fingerprint density at radius 1 is 1.13 bits per heavy atom. The van der Waals surface area contributed by atoms with E-state index in [-0.39, 0.29) is 22.9 Å². The van der Waals surface area contributed by atoms with Gasteiger partial charge in [0.05, 0.1) is 5.75 Å². The molecule has 5 nitrogen and oxygen atoms in total. The summed E-state index contributed by atoms with van der Waals surface area (Å²) < 4.78 is 15.5. The summed E-state index contributed by atoms with van der Waals surface area (Å²) >= 11 is 1.32. The molecule has 2 aromatic carbocycles. The highest BCUT2D eigenvalue weighted by molar-refractivity contribution is 7.99. The van der Waals surface area contributed by atoms with Crippen molar-refractivity contribution in [2.45, 2.75) is 44.8 Å². The van der Waals surface area contributed by atoms with E-state index in [1.165, 1.54) is 23.4 Å². The molecular formula is C23H27FN4OS. The first-order valence-corrected chi connectivity index (χ1v) is 10.8. The molecule has 0 aliphatic rings. The summed E-state index contributed by atoms with van der Waals surface area (Å²) in [6.45, 7) is 8.54. The normalized spacial score (nSPS) is 11.5. The Balaban J connectivity index is 1.58. The summed E-state index contributed by atoms with van der Waals surface area (Å²) in [5.41, 5.74) is 3.66. The molecule has 7 heteroatoms. The van der Waals surface area contributed by atoms with Crippen LogP contribution in [0.25, 0.3) is 11.4 Å². The Morgan fingerprint density at radius 2 is 1.83 bits per heavy atom. The number of rotatable bonds is 6. The molecule has 0 saturated heterocycles. The molecule has 1 amide bonds. The molecule has 1 N–H and O–H groups in total. The van der Waals surface area contributed by atoms with Crippen LogP contribution >= 0.6 is 11.8 Å². The predicted molar refractivity (Wildman–Crippen MR) is 119 cm³/mol. The van der Waals surface area contributed by atoms with Crippen LogP contribution in [0.1, 0.15) is 37.5 Å². The highest BCUT2D eigenvalue weighted by atomic mass is 32.2. The highest BCUT2D eigenvalue weighted by Gasteiger charge is 2.16. The fourth-order valence-electron chi connectivity index (χ4n) is 2.94. The number of thioether (sulfide) groups is 1. The standard InChI is InChI=1S/C23H27FN4OS/c1-15-6-7-16(12-19(15)24)13-25-20(29)14-30-22-27-26-21(28(22)5)17-8-10-18(11-9-17)23(2,3)4/h6-12H,13-14H2,1-5H3,(H,25,29). The first-order valence-electron chi connectivity index (χ1n) is 9.80.